The lowest BCUT2D eigenvalue weighted by molar-refractivity contribution is 0.185. The summed E-state index contributed by atoms with van der Waals surface area (Å²) in [6.45, 7) is 0. The first-order valence-electron chi connectivity index (χ1n) is 8.56. The standard InChI is InChI=1S/C16H18ClN7O2S/c17-13-11(3-4-19-14(13)18)27-12-7-20-15(23-22-12)24-9-1-2-10(24)6-8(5-9)21-16(25)26/h3-4,7-10,21H,1-2,5-6H2,(H2,18,19)(H,25,26)/t8-,9+,10-. The molecular weight excluding hydrogens is 390 g/mol. The fourth-order valence-electron chi connectivity index (χ4n) is 3.85. The number of nitrogens with two attached hydrogens (primary N) is 1. The molecule has 2 aromatic rings. The molecule has 2 aromatic heterocycles. The molecule has 142 valence electrons. The molecule has 3 atom stereocenters. The van der Waals surface area contributed by atoms with Crippen LogP contribution in [0.5, 0.6) is 0 Å². The summed E-state index contributed by atoms with van der Waals surface area (Å²) in [5, 5.41) is 21.1. The Labute approximate surface area is 164 Å². The van der Waals surface area contributed by atoms with E-state index in [9.17, 15) is 4.79 Å². The normalized spacial score (nSPS) is 24.0. The van der Waals surface area contributed by atoms with Crippen molar-refractivity contribution in [1.29, 1.82) is 0 Å². The first-order valence-corrected chi connectivity index (χ1v) is 9.76. The molecule has 0 unspecified atom stereocenters. The minimum absolute atomic E-state index is 0.0154. The van der Waals surface area contributed by atoms with E-state index in [1.807, 2.05) is 0 Å². The molecule has 0 radical (unpaired) electrons. The molecule has 2 aliphatic rings. The molecule has 0 aromatic carbocycles. The maximum Gasteiger partial charge on any atom is 0.404 e. The fraction of sp³-hybridized carbons (Fsp3) is 0.438. The predicted octanol–water partition coefficient (Wildman–Crippen LogP) is 2.42. The Morgan fingerprint density at radius 3 is 2.67 bits per heavy atom. The van der Waals surface area contributed by atoms with Crippen LogP contribution < -0.4 is 16.0 Å². The molecular formula is C16H18ClN7O2S. The number of aromatic nitrogens is 4. The molecule has 0 spiro atoms. The van der Waals surface area contributed by atoms with Crippen LogP contribution in [-0.2, 0) is 0 Å². The Morgan fingerprint density at radius 1 is 1.30 bits per heavy atom. The lowest BCUT2D eigenvalue weighted by Gasteiger charge is -2.38. The number of hydrogen-bond acceptors (Lipinski definition) is 8. The molecule has 2 bridgehead atoms. The van der Waals surface area contributed by atoms with E-state index in [0.717, 1.165) is 30.6 Å². The van der Waals surface area contributed by atoms with E-state index in [4.69, 9.17) is 22.4 Å². The van der Waals surface area contributed by atoms with Gasteiger partial charge in [0.15, 0.2) is 0 Å². The van der Waals surface area contributed by atoms with E-state index in [1.165, 1.54) is 11.8 Å². The van der Waals surface area contributed by atoms with E-state index < -0.39 is 6.09 Å². The van der Waals surface area contributed by atoms with Crippen molar-refractivity contribution in [2.45, 2.75) is 53.7 Å². The van der Waals surface area contributed by atoms with E-state index in [1.54, 1.807) is 18.5 Å². The number of anilines is 2. The summed E-state index contributed by atoms with van der Waals surface area (Å²) < 4.78 is 0. The minimum Gasteiger partial charge on any atom is -0.465 e. The van der Waals surface area contributed by atoms with Gasteiger partial charge in [0.2, 0.25) is 5.95 Å². The Hall–Kier alpha value is -2.33. The van der Waals surface area contributed by atoms with Crippen LogP contribution in [0, 0.1) is 0 Å². The smallest absolute Gasteiger partial charge is 0.404 e. The lowest BCUT2D eigenvalue weighted by Crippen LogP contribution is -2.50. The second-order valence-electron chi connectivity index (χ2n) is 6.62. The number of hydrogen-bond donors (Lipinski definition) is 3. The summed E-state index contributed by atoms with van der Waals surface area (Å²) in [5.74, 6) is 0.856. The second-order valence-corrected chi connectivity index (χ2v) is 8.06. The number of piperidine rings is 1. The van der Waals surface area contributed by atoms with E-state index in [-0.39, 0.29) is 23.9 Å². The molecule has 0 aliphatic carbocycles. The number of amides is 1. The van der Waals surface area contributed by atoms with Crippen molar-refractivity contribution in [2.24, 2.45) is 0 Å². The second kappa shape index (κ2) is 7.35. The van der Waals surface area contributed by atoms with Crippen LogP contribution in [0.4, 0.5) is 16.6 Å². The van der Waals surface area contributed by atoms with Crippen LogP contribution in [0.25, 0.3) is 0 Å². The Balaban J connectivity index is 1.47. The van der Waals surface area contributed by atoms with Crippen LogP contribution in [0.1, 0.15) is 25.7 Å². The third kappa shape index (κ3) is 3.72. The summed E-state index contributed by atoms with van der Waals surface area (Å²) in [4.78, 5) is 22.2. The Kier molecular flexibility index (Phi) is 4.92. The first-order chi connectivity index (χ1) is 13.0. The van der Waals surface area contributed by atoms with Crippen LogP contribution >= 0.6 is 23.4 Å². The zero-order valence-corrected chi connectivity index (χ0v) is 15.8. The van der Waals surface area contributed by atoms with Crippen molar-refractivity contribution >= 4 is 41.2 Å². The van der Waals surface area contributed by atoms with Gasteiger partial charge in [-0.1, -0.05) is 23.4 Å². The fourth-order valence-corrected chi connectivity index (χ4v) is 4.82. The largest absolute Gasteiger partial charge is 0.465 e. The Morgan fingerprint density at radius 2 is 2.04 bits per heavy atom. The summed E-state index contributed by atoms with van der Waals surface area (Å²) in [6, 6.07) is 2.21. The summed E-state index contributed by atoms with van der Waals surface area (Å²) in [6.07, 6.45) is 5.82. The monoisotopic (exact) mass is 407 g/mol. The van der Waals surface area contributed by atoms with Gasteiger partial charge in [0.1, 0.15) is 10.8 Å². The number of halogens is 1. The number of rotatable bonds is 4. The van der Waals surface area contributed by atoms with E-state index >= 15 is 0 Å². The van der Waals surface area contributed by atoms with Crippen LogP contribution in [0.15, 0.2) is 28.4 Å². The molecule has 2 saturated heterocycles. The maximum absolute atomic E-state index is 10.9. The molecule has 27 heavy (non-hydrogen) atoms. The molecule has 9 nitrogen and oxygen atoms in total. The lowest BCUT2D eigenvalue weighted by atomic mass is 9.98. The number of fused-ring (bicyclic) bond motifs is 2. The average Bonchev–Trinajstić information content (AvgIpc) is 2.90. The van der Waals surface area contributed by atoms with Crippen molar-refractivity contribution in [3.05, 3.63) is 23.5 Å². The van der Waals surface area contributed by atoms with Crippen molar-refractivity contribution in [1.82, 2.24) is 25.5 Å². The van der Waals surface area contributed by atoms with Gasteiger partial charge in [-0.2, -0.15) is 0 Å². The van der Waals surface area contributed by atoms with Gasteiger partial charge in [-0.15, -0.1) is 10.2 Å². The quantitative estimate of drug-likeness (QED) is 0.699. The summed E-state index contributed by atoms with van der Waals surface area (Å²) >= 11 is 7.49. The molecule has 2 aliphatic heterocycles. The van der Waals surface area contributed by atoms with Crippen LogP contribution in [-0.4, -0.2) is 49.5 Å². The molecule has 0 saturated carbocycles. The van der Waals surface area contributed by atoms with Gasteiger partial charge >= 0.3 is 6.09 Å². The molecule has 11 heteroatoms. The van der Waals surface area contributed by atoms with Gasteiger partial charge in [-0.05, 0) is 31.7 Å². The number of pyridine rings is 1. The van der Waals surface area contributed by atoms with Crippen molar-refractivity contribution in [3.8, 4) is 0 Å². The molecule has 2 fully saturated rings. The number of nitrogens with zero attached hydrogens (tertiary/aromatic N) is 5. The third-order valence-corrected chi connectivity index (χ3v) is 6.38. The number of carbonyl (C=O) groups is 1. The van der Waals surface area contributed by atoms with Gasteiger partial charge in [-0.25, -0.2) is 14.8 Å². The Bertz CT molecular complexity index is 839. The molecule has 4 N–H and O–H groups in total. The van der Waals surface area contributed by atoms with Crippen molar-refractivity contribution < 1.29 is 9.90 Å². The maximum atomic E-state index is 10.9. The number of carboxylic acid groups (broad SMARTS) is 1. The molecule has 1 amide bonds. The van der Waals surface area contributed by atoms with Gasteiger partial charge in [0, 0.05) is 29.2 Å². The number of nitrogens with one attached hydrogen (secondary N) is 1. The zero-order chi connectivity index (χ0) is 19.0. The molecule has 4 rings (SSSR count). The van der Waals surface area contributed by atoms with Gasteiger partial charge < -0.3 is 21.1 Å². The van der Waals surface area contributed by atoms with E-state index in [2.05, 4.69) is 30.4 Å². The highest BCUT2D eigenvalue weighted by Crippen LogP contribution is 2.38. The van der Waals surface area contributed by atoms with Crippen LogP contribution in [0.3, 0.4) is 0 Å². The summed E-state index contributed by atoms with van der Waals surface area (Å²) in [5.41, 5.74) is 5.72. The van der Waals surface area contributed by atoms with Gasteiger partial charge in [0.05, 0.1) is 11.2 Å². The number of nitrogen functional groups attached to an aromatic ring is 1. The molecule has 4 heterocycles. The zero-order valence-electron chi connectivity index (χ0n) is 14.2. The highest BCUT2D eigenvalue weighted by Gasteiger charge is 2.42. The average molecular weight is 408 g/mol. The highest BCUT2D eigenvalue weighted by atomic mass is 35.5. The third-order valence-electron chi connectivity index (χ3n) is 4.92. The highest BCUT2D eigenvalue weighted by molar-refractivity contribution is 7.99. The predicted molar refractivity (Wildman–Crippen MR) is 101 cm³/mol. The summed E-state index contributed by atoms with van der Waals surface area (Å²) in [7, 11) is 0. The minimum atomic E-state index is -0.970. The van der Waals surface area contributed by atoms with Crippen molar-refractivity contribution in [3.63, 3.8) is 0 Å². The van der Waals surface area contributed by atoms with Crippen LogP contribution in [0.2, 0.25) is 5.02 Å². The topological polar surface area (TPSA) is 130 Å². The van der Waals surface area contributed by atoms with E-state index in [0.29, 0.717) is 16.0 Å². The van der Waals surface area contributed by atoms with Crippen molar-refractivity contribution in [2.75, 3.05) is 10.6 Å². The van der Waals surface area contributed by atoms with Gasteiger partial charge in [-0.3, -0.25) is 0 Å². The first kappa shape index (κ1) is 18.1. The SMILES string of the molecule is Nc1nccc(Sc2cnc(N3[C@@H]4CC[C@H]3C[C@@H](NC(=O)O)C4)nn2)c1Cl. The van der Waals surface area contributed by atoms with Gasteiger partial charge in [0.25, 0.3) is 0 Å².